The van der Waals surface area contributed by atoms with E-state index in [1.807, 2.05) is 6.08 Å². The number of halogens is 1. The molecule has 0 heterocycles. The summed E-state index contributed by atoms with van der Waals surface area (Å²) < 4.78 is 13.0. The minimum absolute atomic E-state index is 0.206. The summed E-state index contributed by atoms with van der Waals surface area (Å²) in [7, 11) is 0. The fourth-order valence-corrected chi connectivity index (χ4v) is 3.95. The second-order valence-corrected chi connectivity index (χ2v) is 8.46. The van der Waals surface area contributed by atoms with Crippen molar-refractivity contribution in [3.05, 3.63) is 142 Å². The maximum absolute atomic E-state index is 13.0. The van der Waals surface area contributed by atoms with Gasteiger partial charge in [0.05, 0.1) is 0 Å². The first-order valence-electron chi connectivity index (χ1n) is 11.3. The molecule has 0 unspecified atom stereocenters. The summed E-state index contributed by atoms with van der Waals surface area (Å²) in [5, 5.41) is 0. The van der Waals surface area contributed by atoms with Crippen LogP contribution in [0.15, 0.2) is 103 Å². The van der Waals surface area contributed by atoms with Crippen molar-refractivity contribution in [1.29, 1.82) is 0 Å². The van der Waals surface area contributed by atoms with Gasteiger partial charge >= 0.3 is 0 Å². The molecule has 0 aliphatic heterocycles. The third-order valence-electron chi connectivity index (χ3n) is 5.95. The van der Waals surface area contributed by atoms with Crippen LogP contribution in [-0.2, 0) is 19.3 Å². The molecule has 32 heavy (non-hydrogen) atoms. The van der Waals surface area contributed by atoms with Crippen molar-refractivity contribution in [2.45, 2.75) is 32.1 Å². The molecule has 1 atom stereocenters. The molecule has 0 N–H and O–H groups in total. The van der Waals surface area contributed by atoms with Gasteiger partial charge < -0.3 is 0 Å². The molecule has 4 aromatic carbocycles. The minimum Gasteiger partial charge on any atom is -0.207 e. The van der Waals surface area contributed by atoms with Gasteiger partial charge in [-0.05, 0) is 70.7 Å². The highest BCUT2D eigenvalue weighted by Crippen LogP contribution is 2.21. The van der Waals surface area contributed by atoms with Crippen molar-refractivity contribution in [3.63, 3.8) is 0 Å². The van der Waals surface area contributed by atoms with Gasteiger partial charge in [-0.15, -0.1) is 0 Å². The largest absolute Gasteiger partial charge is 0.207 e. The molecule has 160 valence electrons. The predicted molar refractivity (Wildman–Crippen MR) is 134 cm³/mol. The van der Waals surface area contributed by atoms with Gasteiger partial charge in [-0.1, -0.05) is 110 Å². The van der Waals surface area contributed by atoms with E-state index in [-0.39, 0.29) is 5.82 Å². The average molecular weight is 421 g/mol. The Kier molecular flexibility index (Phi) is 7.30. The van der Waals surface area contributed by atoms with Crippen LogP contribution >= 0.6 is 0 Å². The molecule has 0 spiro atoms. The molecule has 4 rings (SSSR count). The van der Waals surface area contributed by atoms with Gasteiger partial charge in [-0.3, -0.25) is 0 Å². The summed E-state index contributed by atoms with van der Waals surface area (Å²) in [6, 6.07) is 35.0. The van der Waals surface area contributed by atoms with Crippen molar-refractivity contribution in [3.8, 4) is 0 Å². The van der Waals surface area contributed by atoms with Crippen LogP contribution in [0.3, 0.4) is 0 Å². The first-order valence-corrected chi connectivity index (χ1v) is 11.3. The zero-order chi connectivity index (χ0) is 22.2. The van der Waals surface area contributed by atoms with Gasteiger partial charge in [-0.2, -0.15) is 0 Å². The Morgan fingerprint density at radius 1 is 0.594 bits per heavy atom. The molecule has 0 aromatic heterocycles. The zero-order valence-corrected chi connectivity index (χ0v) is 18.5. The summed E-state index contributed by atoms with van der Waals surface area (Å²) in [5.41, 5.74) is 7.65. The SMILES string of the molecule is C[C@H](Cc1ccc(CCc2ccc(C=Cc3ccc(F)cc3)cc2)cc1)c1ccccc1. The van der Waals surface area contributed by atoms with E-state index in [1.54, 1.807) is 12.1 Å². The molecule has 0 nitrogen and oxygen atoms in total. The fraction of sp³-hybridized carbons (Fsp3) is 0.161. The number of benzene rings is 4. The zero-order valence-electron chi connectivity index (χ0n) is 18.5. The summed E-state index contributed by atoms with van der Waals surface area (Å²) in [4.78, 5) is 0. The summed E-state index contributed by atoms with van der Waals surface area (Å²) in [6.45, 7) is 2.29. The lowest BCUT2D eigenvalue weighted by atomic mass is 9.93. The topological polar surface area (TPSA) is 0 Å². The maximum Gasteiger partial charge on any atom is 0.123 e. The third kappa shape index (κ3) is 6.28. The summed E-state index contributed by atoms with van der Waals surface area (Å²) in [5.74, 6) is 0.320. The molecule has 4 aromatic rings. The summed E-state index contributed by atoms with van der Waals surface area (Å²) in [6.07, 6.45) is 7.21. The van der Waals surface area contributed by atoms with E-state index in [4.69, 9.17) is 0 Å². The van der Waals surface area contributed by atoms with E-state index in [9.17, 15) is 4.39 Å². The number of rotatable bonds is 8. The Labute approximate surface area is 191 Å². The van der Waals surface area contributed by atoms with E-state index in [1.165, 1.54) is 34.4 Å². The van der Waals surface area contributed by atoms with Crippen LogP contribution < -0.4 is 0 Å². The summed E-state index contributed by atoms with van der Waals surface area (Å²) >= 11 is 0. The highest BCUT2D eigenvalue weighted by Gasteiger charge is 2.06. The highest BCUT2D eigenvalue weighted by atomic mass is 19.1. The molecule has 0 saturated heterocycles. The lowest BCUT2D eigenvalue weighted by molar-refractivity contribution is 0.628. The molecule has 0 radical (unpaired) electrons. The number of aryl methyl sites for hydroxylation is 2. The van der Waals surface area contributed by atoms with Crippen LogP contribution in [0.5, 0.6) is 0 Å². The lowest BCUT2D eigenvalue weighted by Crippen LogP contribution is -1.99. The number of hydrogen-bond donors (Lipinski definition) is 0. The van der Waals surface area contributed by atoms with Crippen molar-refractivity contribution < 1.29 is 4.39 Å². The van der Waals surface area contributed by atoms with Gasteiger partial charge in [0.1, 0.15) is 5.82 Å². The maximum atomic E-state index is 13.0. The molecule has 0 amide bonds. The van der Waals surface area contributed by atoms with E-state index in [0.717, 1.165) is 30.4 Å². The first kappa shape index (κ1) is 21.8. The van der Waals surface area contributed by atoms with Crippen LogP contribution in [0.4, 0.5) is 4.39 Å². The van der Waals surface area contributed by atoms with Gasteiger partial charge in [0.15, 0.2) is 0 Å². The van der Waals surface area contributed by atoms with E-state index >= 15 is 0 Å². The fourth-order valence-electron chi connectivity index (χ4n) is 3.95. The Morgan fingerprint density at radius 2 is 1.06 bits per heavy atom. The predicted octanol–water partition coefficient (Wildman–Crippen LogP) is 8.13. The normalized spacial score (nSPS) is 12.2. The van der Waals surface area contributed by atoms with Crippen molar-refractivity contribution in [2.75, 3.05) is 0 Å². The van der Waals surface area contributed by atoms with E-state index in [2.05, 4.69) is 91.9 Å². The highest BCUT2D eigenvalue weighted by molar-refractivity contribution is 5.69. The van der Waals surface area contributed by atoms with E-state index < -0.39 is 0 Å². The van der Waals surface area contributed by atoms with Crippen molar-refractivity contribution >= 4 is 12.2 Å². The standard InChI is InChI=1S/C31H29F/c1-24(30-5-3-2-4-6-30)23-29-17-15-27(16-18-29)12-11-25-7-9-26(10-8-25)13-14-28-19-21-31(32)22-20-28/h2-10,13-22,24H,11-12,23H2,1H3/t24-/m1/s1. The third-order valence-corrected chi connectivity index (χ3v) is 5.95. The van der Waals surface area contributed by atoms with Gasteiger partial charge in [0.25, 0.3) is 0 Å². The van der Waals surface area contributed by atoms with Crippen LogP contribution in [0.1, 0.15) is 46.2 Å². The molecule has 0 aliphatic rings. The second kappa shape index (κ2) is 10.7. The van der Waals surface area contributed by atoms with Gasteiger partial charge in [0, 0.05) is 0 Å². The molecule has 0 saturated carbocycles. The molecule has 0 bridgehead atoms. The first-order chi connectivity index (χ1) is 15.7. The van der Waals surface area contributed by atoms with Gasteiger partial charge in [-0.25, -0.2) is 4.39 Å². The molecular formula is C31H29F. The second-order valence-electron chi connectivity index (χ2n) is 8.46. The van der Waals surface area contributed by atoms with Crippen LogP contribution in [0.2, 0.25) is 0 Å². The average Bonchev–Trinajstić information content (AvgIpc) is 2.84. The van der Waals surface area contributed by atoms with Crippen molar-refractivity contribution in [2.24, 2.45) is 0 Å². The Morgan fingerprint density at radius 3 is 1.62 bits per heavy atom. The Bertz CT molecular complexity index is 1120. The monoisotopic (exact) mass is 420 g/mol. The van der Waals surface area contributed by atoms with Crippen LogP contribution in [-0.4, -0.2) is 0 Å². The molecule has 0 fully saturated rings. The number of hydrogen-bond acceptors (Lipinski definition) is 0. The van der Waals surface area contributed by atoms with Crippen LogP contribution in [0, 0.1) is 5.82 Å². The quantitative estimate of drug-likeness (QED) is 0.252. The minimum atomic E-state index is -0.206. The molecule has 1 heteroatoms. The lowest BCUT2D eigenvalue weighted by Gasteiger charge is -2.12. The van der Waals surface area contributed by atoms with Crippen LogP contribution in [0.25, 0.3) is 12.2 Å². The molecular weight excluding hydrogens is 391 g/mol. The molecule has 0 aliphatic carbocycles. The van der Waals surface area contributed by atoms with Gasteiger partial charge in [0.2, 0.25) is 0 Å². The smallest absolute Gasteiger partial charge is 0.123 e. The Balaban J connectivity index is 1.28. The Hall–Kier alpha value is -3.45. The van der Waals surface area contributed by atoms with Crippen molar-refractivity contribution in [1.82, 2.24) is 0 Å². The van der Waals surface area contributed by atoms with E-state index in [0.29, 0.717) is 5.92 Å².